The lowest BCUT2D eigenvalue weighted by molar-refractivity contribution is -0.139. The summed E-state index contributed by atoms with van der Waals surface area (Å²) in [6.45, 7) is 2.17. The van der Waals surface area contributed by atoms with Gasteiger partial charge in [0.1, 0.15) is 0 Å². The van der Waals surface area contributed by atoms with E-state index in [-0.39, 0.29) is 0 Å². The number of carboxylic acids is 1. The maximum Gasteiger partial charge on any atom is 0.310 e. The van der Waals surface area contributed by atoms with Crippen LogP contribution >= 0.6 is 0 Å². The van der Waals surface area contributed by atoms with Gasteiger partial charge < -0.3 is 5.11 Å². The second kappa shape index (κ2) is 7.09. The van der Waals surface area contributed by atoms with Crippen LogP contribution in [0.25, 0.3) is 10.8 Å². The zero-order chi connectivity index (χ0) is 14.4. The van der Waals surface area contributed by atoms with Crippen LogP contribution in [0.1, 0.15) is 50.5 Å². The van der Waals surface area contributed by atoms with E-state index in [9.17, 15) is 9.90 Å². The first kappa shape index (κ1) is 14.6. The monoisotopic (exact) mass is 270 g/mol. The van der Waals surface area contributed by atoms with Crippen LogP contribution in [-0.4, -0.2) is 11.1 Å². The van der Waals surface area contributed by atoms with E-state index in [1.54, 1.807) is 0 Å². The molecule has 0 aromatic heterocycles. The lowest BCUT2D eigenvalue weighted by Crippen LogP contribution is -2.12. The Bertz CT molecular complexity index is 569. The van der Waals surface area contributed by atoms with Crippen molar-refractivity contribution in [3.05, 3.63) is 48.0 Å². The van der Waals surface area contributed by atoms with Gasteiger partial charge in [0.15, 0.2) is 0 Å². The fraction of sp³-hybridized carbons (Fsp3) is 0.389. The molecule has 1 N–H and O–H groups in total. The molecule has 0 amide bonds. The SMILES string of the molecule is CCCCCCC(C(=O)O)c1cccc2ccccc12. The van der Waals surface area contributed by atoms with Crippen LogP contribution in [0.5, 0.6) is 0 Å². The highest BCUT2D eigenvalue weighted by molar-refractivity contribution is 5.90. The van der Waals surface area contributed by atoms with E-state index < -0.39 is 11.9 Å². The van der Waals surface area contributed by atoms with E-state index in [1.807, 2.05) is 42.5 Å². The number of fused-ring (bicyclic) bond motifs is 1. The first-order valence-corrected chi connectivity index (χ1v) is 7.44. The molecule has 2 aromatic carbocycles. The van der Waals surface area contributed by atoms with Gasteiger partial charge in [-0.05, 0) is 22.8 Å². The van der Waals surface area contributed by atoms with Gasteiger partial charge in [-0.2, -0.15) is 0 Å². The molecule has 0 fully saturated rings. The molecule has 0 spiro atoms. The predicted molar refractivity (Wildman–Crippen MR) is 83.1 cm³/mol. The van der Waals surface area contributed by atoms with Crippen molar-refractivity contribution >= 4 is 16.7 Å². The molecule has 2 nitrogen and oxygen atoms in total. The quantitative estimate of drug-likeness (QED) is 0.720. The third-order valence-corrected chi connectivity index (χ3v) is 3.84. The summed E-state index contributed by atoms with van der Waals surface area (Å²) in [6, 6.07) is 14.0. The Labute approximate surface area is 120 Å². The molecule has 106 valence electrons. The van der Waals surface area contributed by atoms with Gasteiger partial charge in [0.25, 0.3) is 0 Å². The molecule has 0 radical (unpaired) electrons. The Morgan fingerprint density at radius 1 is 1.05 bits per heavy atom. The molecule has 20 heavy (non-hydrogen) atoms. The van der Waals surface area contributed by atoms with E-state index in [4.69, 9.17) is 0 Å². The van der Waals surface area contributed by atoms with Crippen molar-refractivity contribution < 1.29 is 9.90 Å². The summed E-state index contributed by atoms with van der Waals surface area (Å²) < 4.78 is 0. The molecule has 0 aliphatic heterocycles. The van der Waals surface area contributed by atoms with Crippen molar-refractivity contribution in [3.63, 3.8) is 0 Å². The van der Waals surface area contributed by atoms with E-state index in [1.165, 1.54) is 12.8 Å². The van der Waals surface area contributed by atoms with E-state index in [0.717, 1.165) is 35.6 Å². The zero-order valence-corrected chi connectivity index (χ0v) is 12.0. The number of hydrogen-bond acceptors (Lipinski definition) is 1. The molecule has 2 heteroatoms. The Morgan fingerprint density at radius 3 is 2.55 bits per heavy atom. The number of aliphatic carboxylic acids is 1. The van der Waals surface area contributed by atoms with Crippen LogP contribution < -0.4 is 0 Å². The minimum absolute atomic E-state index is 0.391. The molecule has 2 rings (SSSR count). The van der Waals surface area contributed by atoms with Gasteiger partial charge in [0, 0.05) is 0 Å². The highest BCUT2D eigenvalue weighted by atomic mass is 16.4. The smallest absolute Gasteiger partial charge is 0.310 e. The maximum atomic E-state index is 11.6. The van der Waals surface area contributed by atoms with E-state index >= 15 is 0 Å². The molecule has 1 atom stereocenters. The average Bonchev–Trinajstić information content (AvgIpc) is 2.47. The van der Waals surface area contributed by atoms with Crippen molar-refractivity contribution in [2.75, 3.05) is 0 Å². The average molecular weight is 270 g/mol. The lowest BCUT2D eigenvalue weighted by Gasteiger charge is -2.15. The van der Waals surface area contributed by atoms with Crippen LogP contribution in [0.2, 0.25) is 0 Å². The molecule has 0 saturated heterocycles. The molecular formula is C18H22O2. The molecule has 1 unspecified atom stereocenters. The fourth-order valence-electron chi connectivity index (χ4n) is 2.74. The van der Waals surface area contributed by atoms with Gasteiger partial charge in [-0.15, -0.1) is 0 Å². The third-order valence-electron chi connectivity index (χ3n) is 3.84. The summed E-state index contributed by atoms with van der Waals surface area (Å²) >= 11 is 0. The normalized spacial score (nSPS) is 12.4. The summed E-state index contributed by atoms with van der Waals surface area (Å²) in [6.07, 6.45) is 5.18. The molecular weight excluding hydrogens is 248 g/mol. The van der Waals surface area contributed by atoms with Crippen molar-refractivity contribution in [1.29, 1.82) is 0 Å². The predicted octanol–water partition coefficient (Wildman–Crippen LogP) is 4.98. The van der Waals surface area contributed by atoms with E-state index in [0.29, 0.717) is 0 Å². The second-order valence-corrected chi connectivity index (χ2v) is 5.31. The van der Waals surface area contributed by atoms with Crippen molar-refractivity contribution in [2.45, 2.75) is 44.9 Å². The minimum atomic E-state index is -0.710. The molecule has 0 aliphatic rings. The summed E-state index contributed by atoms with van der Waals surface area (Å²) in [4.78, 5) is 11.6. The number of carbonyl (C=O) groups is 1. The summed E-state index contributed by atoms with van der Waals surface area (Å²) in [5.41, 5.74) is 0.951. The van der Waals surface area contributed by atoms with Crippen LogP contribution in [-0.2, 0) is 4.79 Å². The van der Waals surface area contributed by atoms with Crippen molar-refractivity contribution in [3.8, 4) is 0 Å². The third kappa shape index (κ3) is 3.38. The first-order chi connectivity index (χ1) is 9.74. The van der Waals surface area contributed by atoms with Gasteiger partial charge in [-0.25, -0.2) is 0 Å². The Morgan fingerprint density at radius 2 is 1.80 bits per heavy atom. The topological polar surface area (TPSA) is 37.3 Å². The number of benzene rings is 2. The van der Waals surface area contributed by atoms with Gasteiger partial charge in [-0.3, -0.25) is 4.79 Å². The molecule has 0 aliphatic carbocycles. The van der Waals surface area contributed by atoms with Crippen LogP contribution in [0.4, 0.5) is 0 Å². The van der Waals surface area contributed by atoms with Crippen molar-refractivity contribution in [1.82, 2.24) is 0 Å². The molecule has 0 bridgehead atoms. The van der Waals surface area contributed by atoms with Crippen LogP contribution in [0.15, 0.2) is 42.5 Å². The van der Waals surface area contributed by atoms with Crippen LogP contribution in [0.3, 0.4) is 0 Å². The Hall–Kier alpha value is -1.83. The van der Waals surface area contributed by atoms with Gasteiger partial charge in [-0.1, -0.05) is 75.1 Å². The summed E-state index contributed by atoms with van der Waals surface area (Å²) in [5.74, 6) is -1.10. The summed E-state index contributed by atoms with van der Waals surface area (Å²) in [7, 11) is 0. The van der Waals surface area contributed by atoms with Crippen LogP contribution in [0, 0.1) is 0 Å². The molecule has 2 aromatic rings. The molecule has 0 saturated carbocycles. The van der Waals surface area contributed by atoms with E-state index in [2.05, 4.69) is 6.92 Å². The van der Waals surface area contributed by atoms with Crippen molar-refractivity contribution in [2.24, 2.45) is 0 Å². The number of hydrogen-bond donors (Lipinski definition) is 1. The van der Waals surface area contributed by atoms with Gasteiger partial charge in [0.05, 0.1) is 5.92 Å². The van der Waals surface area contributed by atoms with Gasteiger partial charge in [0.2, 0.25) is 0 Å². The summed E-state index contributed by atoms with van der Waals surface area (Å²) in [5, 5.41) is 11.7. The highest BCUT2D eigenvalue weighted by Gasteiger charge is 2.21. The number of unbranched alkanes of at least 4 members (excludes halogenated alkanes) is 3. The zero-order valence-electron chi connectivity index (χ0n) is 12.0. The fourth-order valence-corrected chi connectivity index (χ4v) is 2.74. The highest BCUT2D eigenvalue weighted by Crippen LogP contribution is 2.29. The maximum absolute atomic E-state index is 11.6. The minimum Gasteiger partial charge on any atom is -0.481 e. The second-order valence-electron chi connectivity index (χ2n) is 5.31. The first-order valence-electron chi connectivity index (χ1n) is 7.44. The number of rotatable bonds is 7. The van der Waals surface area contributed by atoms with Gasteiger partial charge >= 0.3 is 5.97 Å². The largest absolute Gasteiger partial charge is 0.481 e. The Kier molecular flexibility index (Phi) is 5.16. The Balaban J connectivity index is 2.25. The standard InChI is InChI=1S/C18H22O2/c1-2-3-4-5-12-17(18(19)20)16-13-8-10-14-9-6-7-11-15(14)16/h6-11,13,17H,2-5,12H2,1H3,(H,19,20). The number of carboxylic acid groups (broad SMARTS) is 1. The molecule has 0 heterocycles. The lowest BCUT2D eigenvalue weighted by atomic mass is 9.89.